The minimum atomic E-state index is -0.213. The van der Waals surface area contributed by atoms with Crippen molar-refractivity contribution in [3.8, 4) is 0 Å². The lowest BCUT2D eigenvalue weighted by atomic mass is 9.86. The molecule has 0 aliphatic heterocycles. The number of benzene rings is 1. The van der Waals surface area contributed by atoms with Crippen molar-refractivity contribution in [2.75, 3.05) is 0 Å². The van der Waals surface area contributed by atoms with Crippen molar-refractivity contribution in [2.45, 2.75) is 31.8 Å². The Balaban J connectivity index is 2.00. The summed E-state index contributed by atoms with van der Waals surface area (Å²) in [4.78, 5) is 0. The first kappa shape index (κ1) is 11.3. The van der Waals surface area contributed by atoms with Gasteiger partial charge in [0.25, 0.3) is 0 Å². The first-order valence-corrected chi connectivity index (χ1v) is 5.87. The molecule has 1 saturated carbocycles. The quantitative estimate of drug-likeness (QED) is 0.810. The Morgan fingerprint density at radius 2 is 1.81 bits per heavy atom. The third-order valence-corrected chi connectivity index (χ3v) is 3.19. The van der Waals surface area contributed by atoms with Gasteiger partial charge in [-0.15, -0.1) is 0 Å². The van der Waals surface area contributed by atoms with Crippen LogP contribution in [-0.2, 0) is 0 Å². The summed E-state index contributed by atoms with van der Waals surface area (Å²) in [5.41, 5.74) is 0.985. The Morgan fingerprint density at radius 1 is 1.12 bits per heavy atom. The molecule has 2 atom stereocenters. The molecule has 0 radical (unpaired) electrons. The number of rotatable bonds is 2. The van der Waals surface area contributed by atoms with Gasteiger partial charge in [-0.2, -0.15) is 0 Å². The highest BCUT2D eigenvalue weighted by atomic mass is 19.1. The molecule has 2 heteroatoms. The highest BCUT2D eigenvalue weighted by Crippen LogP contribution is 2.25. The van der Waals surface area contributed by atoms with E-state index in [1.807, 2.05) is 6.08 Å². The Labute approximate surface area is 95.6 Å². The van der Waals surface area contributed by atoms with Crippen LogP contribution < -0.4 is 0 Å². The molecule has 1 aromatic rings. The first-order chi connectivity index (χ1) is 7.75. The molecule has 0 heterocycles. The molecule has 0 bridgehead atoms. The van der Waals surface area contributed by atoms with Crippen molar-refractivity contribution in [1.82, 2.24) is 0 Å². The normalized spacial score (nSPS) is 26.1. The molecule has 2 rings (SSSR count). The van der Waals surface area contributed by atoms with E-state index in [0.717, 1.165) is 24.8 Å². The minimum absolute atomic E-state index is 0.203. The molecule has 0 aromatic heterocycles. The maximum absolute atomic E-state index is 12.7. The van der Waals surface area contributed by atoms with Gasteiger partial charge < -0.3 is 5.11 Å². The lowest BCUT2D eigenvalue weighted by molar-refractivity contribution is 0.0931. The molecule has 1 aliphatic carbocycles. The van der Waals surface area contributed by atoms with Crippen LogP contribution in [0.2, 0.25) is 0 Å². The zero-order valence-electron chi connectivity index (χ0n) is 9.27. The van der Waals surface area contributed by atoms with Crippen molar-refractivity contribution in [1.29, 1.82) is 0 Å². The Kier molecular flexibility index (Phi) is 3.73. The molecule has 0 unspecified atom stereocenters. The van der Waals surface area contributed by atoms with Crippen molar-refractivity contribution in [3.63, 3.8) is 0 Å². The number of hydrogen-bond acceptors (Lipinski definition) is 1. The smallest absolute Gasteiger partial charge is 0.123 e. The number of aliphatic hydroxyl groups excluding tert-OH is 1. The van der Waals surface area contributed by atoms with E-state index in [4.69, 9.17) is 0 Å². The number of aliphatic hydroxyl groups is 1. The van der Waals surface area contributed by atoms with Crippen LogP contribution in [0.1, 0.15) is 31.2 Å². The van der Waals surface area contributed by atoms with Gasteiger partial charge in [0.15, 0.2) is 0 Å². The zero-order valence-corrected chi connectivity index (χ0v) is 9.27. The van der Waals surface area contributed by atoms with Crippen LogP contribution in [0, 0.1) is 11.7 Å². The highest BCUT2D eigenvalue weighted by Gasteiger charge is 2.19. The lowest BCUT2D eigenvalue weighted by Gasteiger charge is -2.24. The third kappa shape index (κ3) is 2.92. The van der Waals surface area contributed by atoms with Crippen LogP contribution in [0.3, 0.4) is 0 Å². The van der Waals surface area contributed by atoms with Gasteiger partial charge in [-0.05, 0) is 30.5 Å². The van der Waals surface area contributed by atoms with E-state index in [2.05, 4.69) is 6.08 Å². The zero-order chi connectivity index (χ0) is 11.4. The molecule has 1 aromatic carbocycles. The summed E-state index contributed by atoms with van der Waals surface area (Å²) >= 11 is 0. The first-order valence-electron chi connectivity index (χ1n) is 5.87. The van der Waals surface area contributed by atoms with Gasteiger partial charge in [0.2, 0.25) is 0 Å². The second-order valence-electron chi connectivity index (χ2n) is 4.43. The van der Waals surface area contributed by atoms with E-state index >= 15 is 0 Å². The molecule has 86 valence electrons. The molecule has 1 aliphatic rings. The van der Waals surface area contributed by atoms with Gasteiger partial charge in [-0.25, -0.2) is 4.39 Å². The molecular formula is C14H17FO. The molecule has 1 N–H and O–H groups in total. The van der Waals surface area contributed by atoms with E-state index in [1.54, 1.807) is 12.1 Å². The van der Waals surface area contributed by atoms with Crippen molar-refractivity contribution in [3.05, 3.63) is 41.7 Å². The SMILES string of the molecule is O[C@@H]1CCCC[C@H]1/C=C/c1ccc(F)cc1. The summed E-state index contributed by atoms with van der Waals surface area (Å²) in [7, 11) is 0. The van der Waals surface area contributed by atoms with E-state index in [-0.39, 0.29) is 17.8 Å². The van der Waals surface area contributed by atoms with E-state index in [9.17, 15) is 9.50 Å². The maximum atomic E-state index is 12.7. The van der Waals surface area contributed by atoms with Crippen molar-refractivity contribution in [2.24, 2.45) is 5.92 Å². The summed E-state index contributed by atoms with van der Waals surface area (Å²) in [6.07, 6.45) is 8.09. The second kappa shape index (κ2) is 5.26. The van der Waals surface area contributed by atoms with Crippen molar-refractivity contribution < 1.29 is 9.50 Å². The molecular weight excluding hydrogens is 203 g/mol. The topological polar surface area (TPSA) is 20.2 Å². The van der Waals surface area contributed by atoms with E-state index in [0.29, 0.717) is 0 Å². The summed E-state index contributed by atoms with van der Waals surface area (Å²) in [5, 5.41) is 9.78. The molecule has 1 fully saturated rings. The van der Waals surface area contributed by atoms with Crippen molar-refractivity contribution >= 4 is 6.08 Å². The van der Waals surface area contributed by atoms with Gasteiger partial charge in [0.05, 0.1) is 6.10 Å². The van der Waals surface area contributed by atoms with E-state index < -0.39 is 0 Å². The summed E-state index contributed by atoms with van der Waals surface area (Å²) < 4.78 is 12.7. The Morgan fingerprint density at radius 3 is 2.50 bits per heavy atom. The summed E-state index contributed by atoms with van der Waals surface area (Å²) in [6.45, 7) is 0. The average Bonchev–Trinajstić information content (AvgIpc) is 2.30. The second-order valence-corrected chi connectivity index (χ2v) is 4.43. The number of hydrogen-bond donors (Lipinski definition) is 1. The van der Waals surface area contributed by atoms with Crippen LogP contribution in [0.4, 0.5) is 4.39 Å². The third-order valence-electron chi connectivity index (χ3n) is 3.19. The molecule has 1 nitrogen and oxygen atoms in total. The molecule has 0 amide bonds. The standard InChI is InChI=1S/C14H17FO/c15-13-9-6-11(7-10-13)5-8-12-3-1-2-4-14(12)16/h5-10,12,14,16H,1-4H2/b8-5+/t12-,14+/m0/s1. The largest absolute Gasteiger partial charge is 0.393 e. The monoisotopic (exact) mass is 220 g/mol. The Hall–Kier alpha value is -1.15. The highest BCUT2D eigenvalue weighted by molar-refractivity contribution is 5.49. The minimum Gasteiger partial charge on any atom is -0.393 e. The summed E-state index contributed by atoms with van der Waals surface area (Å²) in [6, 6.07) is 6.41. The van der Waals surface area contributed by atoms with Crippen LogP contribution >= 0.6 is 0 Å². The summed E-state index contributed by atoms with van der Waals surface area (Å²) in [5.74, 6) is 0.0497. The molecule has 0 spiro atoms. The van der Waals surface area contributed by atoms with Gasteiger partial charge in [0, 0.05) is 5.92 Å². The van der Waals surface area contributed by atoms with E-state index in [1.165, 1.54) is 18.6 Å². The predicted octanol–water partition coefficient (Wildman–Crippen LogP) is 3.39. The molecule has 16 heavy (non-hydrogen) atoms. The number of halogens is 1. The van der Waals surface area contributed by atoms with Crippen LogP contribution in [0.25, 0.3) is 6.08 Å². The fourth-order valence-corrected chi connectivity index (χ4v) is 2.17. The predicted molar refractivity (Wildman–Crippen MR) is 63.4 cm³/mol. The van der Waals surface area contributed by atoms with Crippen LogP contribution in [0.5, 0.6) is 0 Å². The van der Waals surface area contributed by atoms with Gasteiger partial charge in [0.1, 0.15) is 5.82 Å². The fraction of sp³-hybridized carbons (Fsp3) is 0.429. The van der Waals surface area contributed by atoms with Gasteiger partial charge in [-0.3, -0.25) is 0 Å². The maximum Gasteiger partial charge on any atom is 0.123 e. The Bertz CT molecular complexity index is 356. The van der Waals surface area contributed by atoms with Gasteiger partial charge >= 0.3 is 0 Å². The lowest BCUT2D eigenvalue weighted by Crippen LogP contribution is -2.22. The van der Waals surface area contributed by atoms with Gasteiger partial charge in [-0.1, -0.05) is 37.1 Å². The van der Waals surface area contributed by atoms with Crippen LogP contribution in [0.15, 0.2) is 30.3 Å². The molecule has 0 saturated heterocycles. The average molecular weight is 220 g/mol. The van der Waals surface area contributed by atoms with Crippen LogP contribution in [-0.4, -0.2) is 11.2 Å². The fourth-order valence-electron chi connectivity index (χ4n) is 2.17.